The van der Waals surface area contributed by atoms with Gasteiger partial charge in [0.2, 0.25) is 0 Å². The number of ether oxygens (including phenoxy) is 1. The molecule has 4 rings (SSSR count). The molecule has 2 aliphatic rings. The number of imidazole rings is 1. The van der Waals surface area contributed by atoms with Crippen molar-refractivity contribution in [2.45, 2.75) is 32.1 Å². The number of nitriles is 1. The molecule has 0 amide bonds. The van der Waals surface area contributed by atoms with Crippen LogP contribution in [0.25, 0.3) is 16.6 Å². The number of benzene rings is 1. The number of aliphatic hydroxyl groups is 1. The molecule has 0 radical (unpaired) electrons. The van der Waals surface area contributed by atoms with Crippen molar-refractivity contribution in [3.05, 3.63) is 35.8 Å². The van der Waals surface area contributed by atoms with Crippen molar-refractivity contribution in [2.24, 2.45) is 17.8 Å². The summed E-state index contributed by atoms with van der Waals surface area (Å²) in [5.41, 5.74) is 1.47. The highest BCUT2D eigenvalue weighted by Gasteiger charge is 2.40. The van der Waals surface area contributed by atoms with E-state index in [1.165, 1.54) is 19.3 Å². The summed E-state index contributed by atoms with van der Waals surface area (Å²) in [6.45, 7) is -0.306. The summed E-state index contributed by atoms with van der Waals surface area (Å²) >= 11 is 0. The van der Waals surface area contributed by atoms with Crippen LogP contribution < -0.4 is 0 Å². The van der Waals surface area contributed by atoms with Crippen molar-refractivity contribution < 1.29 is 14.6 Å². The number of nitrogens with one attached hydrogen (secondary N) is 1. The molecule has 2 saturated carbocycles. The van der Waals surface area contributed by atoms with Crippen LogP contribution in [0.4, 0.5) is 0 Å². The molecule has 1 heterocycles. The minimum atomic E-state index is -0.309. The minimum absolute atomic E-state index is 0.00563. The SMILES string of the molecule is N#C/C(=C(/O)COC(=O)C[C@H]1C[C@@H]2CC[C@@H]1C2)c1nc2ccccc2[nH]1. The standard InChI is InChI=1S/C20H21N3O3/c21-10-15(20-22-16-3-1-2-4-17(16)23-20)18(24)11-26-19(25)9-14-8-12-5-6-13(14)7-12/h1-4,12-14,24H,5-9,11H2,(H,22,23)/b18-15-/t12-,13-,14-/m1/s1. The number of para-hydroxylation sites is 2. The first-order chi connectivity index (χ1) is 12.6. The highest BCUT2D eigenvalue weighted by Crippen LogP contribution is 2.49. The summed E-state index contributed by atoms with van der Waals surface area (Å²) in [6.07, 6.45) is 5.28. The Bertz CT molecular complexity index is 875. The third kappa shape index (κ3) is 3.17. The monoisotopic (exact) mass is 351 g/mol. The Morgan fingerprint density at radius 3 is 2.88 bits per heavy atom. The molecule has 134 valence electrons. The van der Waals surface area contributed by atoms with Crippen molar-refractivity contribution in [1.82, 2.24) is 9.97 Å². The lowest BCUT2D eigenvalue weighted by Gasteiger charge is -2.20. The van der Waals surface area contributed by atoms with E-state index in [4.69, 9.17) is 4.74 Å². The van der Waals surface area contributed by atoms with Crippen molar-refractivity contribution in [3.63, 3.8) is 0 Å². The number of H-pyrrole nitrogens is 1. The lowest BCUT2D eigenvalue weighted by molar-refractivity contribution is -0.144. The van der Waals surface area contributed by atoms with Crippen LogP contribution in [0.1, 0.15) is 37.9 Å². The van der Waals surface area contributed by atoms with Crippen molar-refractivity contribution >= 4 is 22.6 Å². The predicted molar refractivity (Wildman–Crippen MR) is 95.8 cm³/mol. The Hall–Kier alpha value is -2.81. The number of aromatic amines is 1. The largest absolute Gasteiger partial charge is 0.507 e. The summed E-state index contributed by atoms with van der Waals surface area (Å²) in [5.74, 6) is 1.53. The fourth-order valence-corrected chi connectivity index (χ4v) is 4.45. The van der Waals surface area contributed by atoms with E-state index >= 15 is 0 Å². The van der Waals surface area contributed by atoms with Gasteiger partial charge in [0.25, 0.3) is 0 Å². The van der Waals surface area contributed by atoms with Gasteiger partial charge in [0, 0.05) is 6.42 Å². The highest BCUT2D eigenvalue weighted by molar-refractivity contribution is 5.83. The molecule has 0 saturated heterocycles. The normalized spacial score (nSPS) is 25.1. The van der Waals surface area contributed by atoms with Gasteiger partial charge >= 0.3 is 5.97 Å². The maximum absolute atomic E-state index is 12.1. The van der Waals surface area contributed by atoms with Gasteiger partial charge in [-0.1, -0.05) is 18.6 Å². The molecule has 0 aliphatic heterocycles. The highest BCUT2D eigenvalue weighted by atomic mass is 16.5. The molecule has 2 bridgehead atoms. The fourth-order valence-electron chi connectivity index (χ4n) is 4.45. The molecule has 1 aromatic carbocycles. The van der Waals surface area contributed by atoms with E-state index in [1.807, 2.05) is 30.3 Å². The molecule has 26 heavy (non-hydrogen) atoms. The third-order valence-corrected chi connectivity index (χ3v) is 5.71. The van der Waals surface area contributed by atoms with Crippen LogP contribution in [-0.4, -0.2) is 27.7 Å². The van der Waals surface area contributed by atoms with E-state index in [9.17, 15) is 15.2 Å². The number of carbonyl (C=O) groups is 1. The van der Waals surface area contributed by atoms with Crippen molar-refractivity contribution in [2.75, 3.05) is 6.61 Å². The molecule has 2 aromatic rings. The number of fused-ring (bicyclic) bond motifs is 3. The number of hydrogen-bond donors (Lipinski definition) is 2. The first kappa shape index (κ1) is 16.6. The maximum atomic E-state index is 12.1. The van der Waals surface area contributed by atoms with Crippen LogP contribution in [-0.2, 0) is 9.53 Å². The predicted octanol–water partition coefficient (Wildman–Crippen LogP) is 3.73. The average molecular weight is 351 g/mol. The molecule has 1 aromatic heterocycles. The second-order valence-electron chi connectivity index (χ2n) is 7.34. The first-order valence-corrected chi connectivity index (χ1v) is 9.07. The molecule has 0 spiro atoms. The van der Waals surface area contributed by atoms with Gasteiger partial charge in [-0.15, -0.1) is 0 Å². The zero-order valence-corrected chi connectivity index (χ0v) is 14.4. The molecule has 0 unspecified atom stereocenters. The average Bonchev–Trinajstić information content (AvgIpc) is 3.35. The van der Waals surface area contributed by atoms with Crippen LogP contribution in [0.3, 0.4) is 0 Å². The fraction of sp³-hybridized carbons (Fsp3) is 0.450. The van der Waals surface area contributed by atoms with E-state index in [0.717, 1.165) is 17.9 Å². The molecular formula is C20H21N3O3. The lowest BCUT2D eigenvalue weighted by atomic mass is 9.86. The summed E-state index contributed by atoms with van der Waals surface area (Å²) in [6, 6.07) is 9.30. The zero-order valence-electron chi connectivity index (χ0n) is 14.4. The maximum Gasteiger partial charge on any atom is 0.306 e. The van der Waals surface area contributed by atoms with Crippen LogP contribution in [0, 0.1) is 29.1 Å². The summed E-state index contributed by atoms with van der Waals surface area (Å²) in [7, 11) is 0. The van der Waals surface area contributed by atoms with Gasteiger partial charge in [-0.2, -0.15) is 5.26 Å². The minimum Gasteiger partial charge on any atom is -0.507 e. The van der Waals surface area contributed by atoms with Gasteiger partial charge in [-0.3, -0.25) is 4.79 Å². The Balaban J connectivity index is 1.40. The van der Waals surface area contributed by atoms with Gasteiger partial charge in [-0.05, 0) is 49.1 Å². The molecule has 3 atom stereocenters. The zero-order chi connectivity index (χ0) is 18.1. The number of nitrogens with zero attached hydrogens (tertiary/aromatic N) is 2. The number of aromatic nitrogens is 2. The van der Waals surface area contributed by atoms with E-state index in [2.05, 4.69) is 9.97 Å². The number of allylic oxidation sites excluding steroid dienone is 1. The van der Waals surface area contributed by atoms with Gasteiger partial charge < -0.3 is 14.8 Å². The number of carbonyl (C=O) groups excluding carboxylic acids is 1. The van der Waals surface area contributed by atoms with Crippen LogP contribution in [0.15, 0.2) is 30.0 Å². The quantitative estimate of drug-likeness (QED) is 0.486. The number of hydrogen-bond acceptors (Lipinski definition) is 5. The molecule has 6 heteroatoms. The second-order valence-corrected chi connectivity index (χ2v) is 7.34. The Kier molecular flexibility index (Phi) is 4.37. The Morgan fingerprint density at radius 2 is 2.19 bits per heavy atom. The van der Waals surface area contributed by atoms with Gasteiger partial charge in [0.15, 0.2) is 11.6 Å². The molecule has 2 N–H and O–H groups in total. The van der Waals surface area contributed by atoms with Crippen LogP contribution in [0.2, 0.25) is 0 Å². The molecule has 2 aliphatic carbocycles. The smallest absolute Gasteiger partial charge is 0.306 e. The second kappa shape index (κ2) is 6.83. The summed E-state index contributed by atoms with van der Waals surface area (Å²) in [5, 5.41) is 19.6. The van der Waals surface area contributed by atoms with Crippen molar-refractivity contribution in [3.8, 4) is 6.07 Å². The van der Waals surface area contributed by atoms with Crippen LogP contribution >= 0.6 is 0 Å². The third-order valence-electron chi connectivity index (χ3n) is 5.71. The molecular weight excluding hydrogens is 330 g/mol. The molecule has 6 nitrogen and oxygen atoms in total. The van der Waals surface area contributed by atoms with E-state index in [-0.39, 0.29) is 29.7 Å². The lowest BCUT2D eigenvalue weighted by Crippen LogP contribution is -2.18. The van der Waals surface area contributed by atoms with E-state index in [0.29, 0.717) is 23.8 Å². The number of rotatable bonds is 5. The topological polar surface area (TPSA) is 99.0 Å². The van der Waals surface area contributed by atoms with Gasteiger partial charge in [0.05, 0.1) is 11.0 Å². The van der Waals surface area contributed by atoms with Gasteiger partial charge in [0.1, 0.15) is 18.2 Å². The number of aliphatic hydroxyl groups excluding tert-OH is 1. The first-order valence-electron chi connectivity index (χ1n) is 9.07. The van der Waals surface area contributed by atoms with Crippen LogP contribution in [0.5, 0.6) is 0 Å². The van der Waals surface area contributed by atoms with Gasteiger partial charge in [-0.25, -0.2) is 4.98 Å². The summed E-state index contributed by atoms with van der Waals surface area (Å²) < 4.78 is 5.21. The van der Waals surface area contributed by atoms with E-state index < -0.39 is 0 Å². The molecule has 2 fully saturated rings. The summed E-state index contributed by atoms with van der Waals surface area (Å²) in [4.78, 5) is 19.4. The van der Waals surface area contributed by atoms with Crippen molar-refractivity contribution in [1.29, 1.82) is 5.26 Å². The number of esters is 1. The van der Waals surface area contributed by atoms with E-state index in [1.54, 1.807) is 0 Å². The Morgan fingerprint density at radius 1 is 1.35 bits per heavy atom. The Labute approximate surface area is 151 Å².